The number of ketones is 1. The Kier molecular flexibility index (Phi) is 10.5. The minimum atomic E-state index is -1.33. The van der Waals surface area contributed by atoms with Gasteiger partial charge in [0.05, 0.1) is 6.04 Å². The van der Waals surface area contributed by atoms with E-state index in [-0.39, 0.29) is 23.3 Å². The van der Waals surface area contributed by atoms with E-state index in [0.29, 0.717) is 42.8 Å². The van der Waals surface area contributed by atoms with Gasteiger partial charge in [0.2, 0.25) is 11.7 Å². The summed E-state index contributed by atoms with van der Waals surface area (Å²) < 4.78 is 19.3. The molecule has 0 saturated heterocycles. The van der Waals surface area contributed by atoms with Crippen LogP contribution in [0.5, 0.6) is 0 Å². The van der Waals surface area contributed by atoms with Crippen molar-refractivity contribution in [3.05, 3.63) is 111 Å². The molecular weight excluding hydrogens is 587 g/mol. The Bertz CT molecular complexity index is 1530. The SMILES string of the molecule is CCC[C@H](NC(=O)C(CS(=O)Cc1ccccc1)N(Cc1cccs1)Cc1cccs1)C(=O)c1nc2ccccc2o1. The Morgan fingerprint density at radius 3 is 2.21 bits per heavy atom. The van der Waals surface area contributed by atoms with Crippen molar-refractivity contribution in [1.82, 2.24) is 15.2 Å². The standard InChI is InChI=1S/C32H33N3O4S3/c1-2-10-27(30(36)32-34-26-15-6-7-16-29(26)39-32)33-31(37)28(22-42(38)21-23-11-4-3-5-12-23)35(19-24-13-8-17-40-24)20-25-14-9-18-41-25/h3-9,11-18,27-28H,2,10,19-22H2,1H3,(H,33,37)/t27-,28?,42?/m0/s1. The van der Waals surface area contributed by atoms with Crippen molar-refractivity contribution in [1.29, 1.82) is 0 Å². The van der Waals surface area contributed by atoms with Crippen LogP contribution in [0, 0.1) is 0 Å². The van der Waals surface area contributed by atoms with Gasteiger partial charge in [0.1, 0.15) is 11.6 Å². The lowest BCUT2D eigenvalue weighted by Gasteiger charge is -2.31. The lowest BCUT2D eigenvalue weighted by Crippen LogP contribution is -2.53. The van der Waals surface area contributed by atoms with E-state index in [0.717, 1.165) is 15.3 Å². The monoisotopic (exact) mass is 619 g/mol. The third-order valence-electron chi connectivity index (χ3n) is 6.85. The van der Waals surface area contributed by atoms with E-state index in [1.807, 2.05) is 84.4 Å². The van der Waals surface area contributed by atoms with Crippen molar-refractivity contribution in [2.75, 3.05) is 5.75 Å². The maximum absolute atomic E-state index is 14.1. The number of carbonyl (C=O) groups is 2. The van der Waals surface area contributed by atoms with Crippen LogP contribution in [0.15, 0.2) is 94.0 Å². The smallest absolute Gasteiger partial charge is 0.266 e. The molecule has 1 amide bonds. The number of aromatic nitrogens is 1. The molecule has 5 aromatic rings. The van der Waals surface area contributed by atoms with Gasteiger partial charge in [-0.1, -0.05) is 67.9 Å². The number of hydrogen-bond donors (Lipinski definition) is 1. The molecule has 0 spiro atoms. The first-order chi connectivity index (χ1) is 20.5. The number of nitrogens with one attached hydrogen (secondary N) is 1. The van der Waals surface area contributed by atoms with Crippen LogP contribution >= 0.6 is 22.7 Å². The van der Waals surface area contributed by atoms with E-state index in [4.69, 9.17) is 4.42 Å². The maximum atomic E-state index is 14.1. The van der Waals surface area contributed by atoms with Gasteiger partial charge in [-0.25, -0.2) is 4.98 Å². The molecule has 42 heavy (non-hydrogen) atoms. The highest BCUT2D eigenvalue weighted by atomic mass is 32.2. The summed E-state index contributed by atoms with van der Waals surface area (Å²) in [4.78, 5) is 36.4. The molecule has 3 aromatic heterocycles. The second kappa shape index (κ2) is 14.6. The van der Waals surface area contributed by atoms with E-state index in [9.17, 15) is 13.8 Å². The minimum absolute atomic E-state index is 0.0202. The van der Waals surface area contributed by atoms with E-state index in [2.05, 4.69) is 15.2 Å². The van der Waals surface area contributed by atoms with Gasteiger partial charge in [0.15, 0.2) is 5.58 Å². The Hall–Kier alpha value is -3.44. The second-order valence-electron chi connectivity index (χ2n) is 10.0. The Morgan fingerprint density at radius 1 is 0.929 bits per heavy atom. The molecule has 3 heterocycles. The van der Waals surface area contributed by atoms with E-state index >= 15 is 0 Å². The van der Waals surface area contributed by atoms with E-state index in [1.165, 1.54) is 0 Å². The second-order valence-corrected chi connectivity index (χ2v) is 13.6. The number of rotatable bonds is 15. The molecule has 5 rings (SSSR count). The summed E-state index contributed by atoms with van der Waals surface area (Å²) in [6.07, 6.45) is 1.11. The summed E-state index contributed by atoms with van der Waals surface area (Å²) in [7, 11) is -1.33. The molecular formula is C32H33N3O4S3. The molecule has 0 saturated carbocycles. The summed E-state index contributed by atoms with van der Waals surface area (Å²) in [6, 6.07) is 23.4. The zero-order valence-corrected chi connectivity index (χ0v) is 25.8. The molecule has 2 aromatic carbocycles. The van der Waals surface area contributed by atoms with Gasteiger partial charge >= 0.3 is 0 Å². The van der Waals surface area contributed by atoms with Crippen LogP contribution in [-0.4, -0.2) is 43.6 Å². The molecule has 0 bridgehead atoms. The van der Waals surface area contributed by atoms with Gasteiger partial charge < -0.3 is 9.73 Å². The largest absolute Gasteiger partial charge is 0.434 e. The fraction of sp³-hybridized carbons (Fsp3) is 0.281. The van der Waals surface area contributed by atoms with Crippen LogP contribution in [0.4, 0.5) is 0 Å². The average Bonchev–Trinajstić information content (AvgIpc) is 3.78. The molecule has 3 atom stereocenters. The molecule has 0 aliphatic carbocycles. The molecule has 7 nitrogen and oxygen atoms in total. The van der Waals surface area contributed by atoms with Crippen LogP contribution in [0.3, 0.4) is 0 Å². The van der Waals surface area contributed by atoms with Crippen molar-refractivity contribution in [3.8, 4) is 0 Å². The predicted octanol–water partition coefficient (Wildman–Crippen LogP) is 6.44. The molecule has 10 heteroatoms. The summed E-state index contributed by atoms with van der Waals surface area (Å²) >= 11 is 3.24. The summed E-state index contributed by atoms with van der Waals surface area (Å²) in [5, 5.41) is 7.03. The number of para-hydroxylation sites is 2. The Labute approximate surface area is 256 Å². The zero-order chi connectivity index (χ0) is 29.3. The fourth-order valence-electron chi connectivity index (χ4n) is 4.78. The molecule has 0 fully saturated rings. The van der Waals surface area contributed by atoms with Crippen LogP contribution in [0.2, 0.25) is 0 Å². The van der Waals surface area contributed by atoms with Crippen molar-refractivity contribution in [2.45, 2.75) is 50.7 Å². The number of carbonyl (C=O) groups excluding carboxylic acids is 2. The van der Waals surface area contributed by atoms with Gasteiger partial charge in [-0.3, -0.25) is 18.7 Å². The third kappa shape index (κ3) is 7.89. The van der Waals surface area contributed by atoms with Gasteiger partial charge in [-0.15, -0.1) is 22.7 Å². The Morgan fingerprint density at radius 2 is 1.60 bits per heavy atom. The van der Waals surface area contributed by atoms with Gasteiger partial charge in [-0.05, 0) is 47.0 Å². The molecule has 1 N–H and O–H groups in total. The highest BCUT2D eigenvalue weighted by Gasteiger charge is 2.33. The number of fused-ring (bicyclic) bond motifs is 1. The lowest BCUT2D eigenvalue weighted by molar-refractivity contribution is -0.126. The third-order valence-corrected chi connectivity index (χ3v) is 9.92. The molecule has 0 radical (unpaired) electrons. The van der Waals surface area contributed by atoms with Crippen molar-refractivity contribution in [2.24, 2.45) is 0 Å². The quantitative estimate of drug-likeness (QED) is 0.136. The van der Waals surface area contributed by atoms with Crippen LogP contribution in [0.25, 0.3) is 11.1 Å². The zero-order valence-electron chi connectivity index (χ0n) is 23.3. The predicted molar refractivity (Wildman–Crippen MR) is 170 cm³/mol. The number of oxazole rings is 1. The van der Waals surface area contributed by atoms with Crippen molar-refractivity contribution < 1.29 is 18.2 Å². The van der Waals surface area contributed by atoms with Crippen molar-refractivity contribution >= 4 is 56.3 Å². The van der Waals surface area contributed by atoms with Gasteiger partial charge in [0, 0.05) is 45.1 Å². The van der Waals surface area contributed by atoms with Crippen LogP contribution < -0.4 is 5.32 Å². The number of amides is 1. The number of thiophene rings is 2. The summed E-state index contributed by atoms with van der Waals surface area (Å²) in [5.74, 6) is -0.237. The van der Waals surface area contributed by atoms with Gasteiger partial charge in [0.25, 0.3) is 5.89 Å². The molecule has 218 valence electrons. The molecule has 0 aliphatic rings. The van der Waals surface area contributed by atoms with Crippen molar-refractivity contribution in [3.63, 3.8) is 0 Å². The number of hydrogen-bond acceptors (Lipinski definition) is 8. The fourth-order valence-corrected chi connectivity index (χ4v) is 7.63. The Balaban J connectivity index is 1.42. The van der Waals surface area contributed by atoms with E-state index < -0.39 is 22.9 Å². The number of nitrogens with zero attached hydrogens (tertiary/aromatic N) is 2. The van der Waals surface area contributed by atoms with Crippen LogP contribution in [-0.2, 0) is 34.4 Å². The highest BCUT2D eigenvalue weighted by Crippen LogP contribution is 2.22. The van der Waals surface area contributed by atoms with Crippen LogP contribution in [0.1, 0.15) is 45.8 Å². The molecule has 2 unspecified atom stereocenters. The van der Waals surface area contributed by atoms with E-state index in [1.54, 1.807) is 34.8 Å². The normalized spacial score (nSPS) is 13.7. The summed E-state index contributed by atoms with van der Waals surface area (Å²) in [5.41, 5.74) is 2.07. The number of Topliss-reactive ketones (excluding diaryl/α,β-unsaturated/α-hetero) is 1. The topological polar surface area (TPSA) is 92.5 Å². The minimum Gasteiger partial charge on any atom is -0.434 e. The molecule has 0 aliphatic heterocycles. The van der Waals surface area contributed by atoms with Gasteiger partial charge in [-0.2, -0.15) is 0 Å². The lowest BCUT2D eigenvalue weighted by atomic mass is 10.1. The first kappa shape index (κ1) is 30.0. The number of benzene rings is 2. The first-order valence-corrected chi connectivity index (χ1v) is 17.1. The maximum Gasteiger partial charge on any atom is 0.266 e. The first-order valence-electron chi connectivity index (χ1n) is 13.9. The average molecular weight is 620 g/mol. The summed E-state index contributed by atoms with van der Waals surface area (Å²) in [6.45, 7) is 3.01. The highest BCUT2D eigenvalue weighted by molar-refractivity contribution is 7.84.